The molecule has 0 N–H and O–H groups in total. The van der Waals surface area contributed by atoms with Crippen LogP contribution in [-0.2, 0) is 22.5 Å². The summed E-state index contributed by atoms with van der Waals surface area (Å²) in [6, 6.07) is 10.4. The molecule has 0 bridgehead atoms. The van der Waals surface area contributed by atoms with Crippen LogP contribution in [-0.4, -0.2) is 51.3 Å². The molecular weight excluding hydrogens is 362 g/mol. The number of nitrogens with zero attached hydrogens (tertiary/aromatic N) is 1. The zero-order chi connectivity index (χ0) is 20.1. The number of hydrogen-bond donors (Lipinski definition) is 0. The topological polar surface area (TPSA) is 74.3 Å². The van der Waals surface area contributed by atoms with E-state index < -0.39 is 5.97 Å². The number of benzene rings is 2. The molecule has 0 atom stereocenters. The number of carbonyl (C=O) groups is 2. The Hall–Kier alpha value is -3.22. The summed E-state index contributed by atoms with van der Waals surface area (Å²) in [7, 11) is 4.53. The van der Waals surface area contributed by atoms with Gasteiger partial charge in [-0.1, -0.05) is 0 Å². The molecule has 7 nitrogen and oxygen atoms in total. The molecule has 1 amide bonds. The maximum atomic E-state index is 12.6. The van der Waals surface area contributed by atoms with Crippen LogP contribution in [0.4, 0.5) is 0 Å². The van der Waals surface area contributed by atoms with Crippen molar-refractivity contribution >= 4 is 11.9 Å². The summed E-state index contributed by atoms with van der Waals surface area (Å²) in [5.74, 6) is 1.35. The van der Waals surface area contributed by atoms with E-state index in [1.54, 1.807) is 43.4 Å². The third kappa shape index (κ3) is 4.19. The highest BCUT2D eigenvalue weighted by molar-refractivity contribution is 5.89. The van der Waals surface area contributed by atoms with E-state index in [2.05, 4.69) is 4.74 Å². The predicted molar refractivity (Wildman–Crippen MR) is 102 cm³/mol. The summed E-state index contributed by atoms with van der Waals surface area (Å²) >= 11 is 0. The van der Waals surface area contributed by atoms with Gasteiger partial charge in [0.05, 0.1) is 26.9 Å². The Morgan fingerprint density at radius 3 is 2.21 bits per heavy atom. The Labute approximate surface area is 163 Å². The van der Waals surface area contributed by atoms with Crippen molar-refractivity contribution in [1.82, 2.24) is 4.90 Å². The normalized spacial score (nSPS) is 12.8. The van der Waals surface area contributed by atoms with Crippen LogP contribution in [0.25, 0.3) is 0 Å². The minimum atomic E-state index is -0.415. The van der Waals surface area contributed by atoms with Gasteiger partial charge in [-0.05, 0) is 53.9 Å². The molecular formula is C21H23NO6. The van der Waals surface area contributed by atoms with Crippen molar-refractivity contribution in [2.45, 2.75) is 13.0 Å². The predicted octanol–water partition coefficient (Wildman–Crippen LogP) is 2.45. The van der Waals surface area contributed by atoms with E-state index in [4.69, 9.17) is 14.2 Å². The molecule has 1 aliphatic heterocycles. The van der Waals surface area contributed by atoms with Crippen LogP contribution < -0.4 is 14.2 Å². The number of methoxy groups -OCH3 is 3. The van der Waals surface area contributed by atoms with Gasteiger partial charge in [0.2, 0.25) is 0 Å². The minimum Gasteiger partial charge on any atom is -0.493 e. The van der Waals surface area contributed by atoms with Crippen molar-refractivity contribution in [2.75, 3.05) is 34.5 Å². The first kappa shape index (κ1) is 19.5. The molecule has 28 heavy (non-hydrogen) atoms. The Kier molecular flexibility index (Phi) is 6.03. The standard InChI is InChI=1S/C21H23NO6/c1-25-18-10-15-8-9-22(12-16(15)11-19(18)26-2)20(23)13-28-17-6-4-14(5-7-17)21(24)27-3/h4-7,10-11H,8-9,12-13H2,1-3H3. The molecule has 0 saturated carbocycles. The summed E-state index contributed by atoms with van der Waals surface area (Å²) in [6.45, 7) is 1.05. The van der Waals surface area contributed by atoms with Crippen LogP contribution in [0.15, 0.2) is 36.4 Å². The Bertz CT molecular complexity index is 862. The quantitative estimate of drug-likeness (QED) is 0.711. The minimum absolute atomic E-state index is 0.0693. The zero-order valence-corrected chi connectivity index (χ0v) is 16.2. The van der Waals surface area contributed by atoms with Gasteiger partial charge in [-0.3, -0.25) is 4.79 Å². The number of hydrogen-bond acceptors (Lipinski definition) is 6. The highest BCUT2D eigenvalue weighted by Gasteiger charge is 2.23. The first-order valence-electron chi connectivity index (χ1n) is 8.88. The third-order valence-corrected chi connectivity index (χ3v) is 4.71. The summed E-state index contributed by atoms with van der Waals surface area (Å²) in [4.78, 5) is 25.8. The van der Waals surface area contributed by atoms with Crippen molar-refractivity contribution in [2.24, 2.45) is 0 Å². The van der Waals surface area contributed by atoms with Gasteiger partial charge in [-0.2, -0.15) is 0 Å². The molecule has 1 heterocycles. The average Bonchev–Trinajstić information content (AvgIpc) is 2.75. The number of amides is 1. The highest BCUT2D eigenvalue weighted by Crippen LogP contribution is 2.33. The molecule has 2 aromatic carbocycles. The Balaban J connectivity index is 1.61. The van der Waals surface area contributed by atoms with Crippen LogP contribution >= 0.6 is 0 Å². The van der Waals surface area contributed by atoms with Gasteiger partial charge in [0, 0.05) is 13.1 Å². The summed E-state index contributed by atoms with van der Waals surface area (Å²) in [5.41, 5.74) is 2.62. The van der Waals surface area contributed by atoms with Gasteiger partial charge in [-0.15, -0.1) is 0 Å². The second-order valence-electron chi connectivity index (χ2n) is 6.35. The number of ether oxygens (including phenoxy) is 4. The first-order valence-corrected chi connectivity index (χ1v) is 8.88. The van der Waals surface area contributed by atoms with Crippen molar-refractivity contribution in [3.8, 4) is 17.2 Å². The monoisotopic (exact) mass is 385 g/mol. The van der Waals surface area contributed by atoms with Crippen LogP contribution in [0, 0.1) is 0 Å². The van der Waals surface area contributed by atoms with Gasteiger partial charge in [0.25, 0.3) is 5.91 Å². The van der Waals surface area contributed by atoms with E-state index in [1.807, 2.05) is 12.1 Å². The van der Waals surface area contributed by atoms with Gasteiger partial charge in [0.15, 0.2) is 18.1 Å². The van der Waals surface area contributed by atoms with Crippen molar-refractivity contribution in [3.63, 3.8) is 0 Å². The van der Waals surface area contributed by atoms with E-state index in [-0.39, 0.29) is 12.5 Å². The fraction of sp³-hybridized carbons (Fsp3) is 0.333. The molecule has 0 aromatic heterocycles. The lowest BCUT2D eigenvalue weighted by molar-refractivity contribution is -0.134. The van der Waals surface area contributed by atoms with Crippen molar-refractivity contribution in [1.29, 1.82) is 0 Å². The molecule has 0 radical (unpaired) electrons. The number of rotatable bonds is 6. The lowest BCUT2D eigenvalue weighted by Gasteiger charge is -2.29. The van der Waals surface area contributed by atoms with Gasteiger partial charge < -0.3 is 23.8 Å². The molecule has 0 aliphatic carbocycles. The maximum Gasteiger partial charge on any atom is 0.337 e. The van der Waals surface area contributed by atoms with Gasteiger partial charge in [-0.25, -0.2) is 4.79 Å². The molecule has 2 aromatic rings. The Morgan fingerprint density at radius 2 is 1.61 bits per heavy atom. The zero-order valence-electron chi connectivity index (χ0n) is 16.2. The molecule has 0 unspecified atom stereocenters. The molecule has 7 heteroatoms. The SMILES string of the molecule is COC(=O)c1ccc(OCC(=O)N2CCc3cc(OC)c(OC)cc3C2)cc1. The van der Waals surface area contributed by atoms with Gasteiger partial charge in [0.1, 0.15) is 5.75 Å². The molecule has 0 fully saturated rings. The van der Waals surface area contributed by atoms with Crippen molar-refractivity contribution < 1.29 is 28.5 Å². The molecule has 1 aliphatic rings. The molecule has 0 saturated heterocycles. The first-order chi connectivity index (χ1) is 13.5. The van der Waals surface area contributed by atoms with E-state index in [0.29, 0.717) is 35.9 Å². The van der Waals surface area contributed by atoms with Crippen LogP contribution in [0.3, 0.4) is 0 Å². The Morgan fingerprint density at radius 1 is 0.964 bits per heavy atom. The van der Waals surface area contributed by atoms with E-state index in [0.717, 1.165) is 17.5 Å². The number of fused-ring (bicyclic) bond motifs is 1. The third-order valence-electron chi connectivity index (χ3n) is 4.71. The highest BCUT2D eigenvalue weighted by atomic mass is 16.5. The average molecular weight is 385 g/mol. The molecule has 0 spiro atoms. The fourth-order valence-corrected chi connectivity index (χ4v) is 3.14. The molecule has 3 rings (SSSR count). The van der Waals surface area contributed by atoms with Crippen molar-refractivity contribution in [3.05, 3.63) is 53.1 Å². The second-order valence-corrected chi connectivity index (χ2v) is 6.35. The molecule has 148 valence electrons. The largest absolute Gasteiger partial charge is 0.493 e. The van der Waals surface area contributed by atoms with Gasteiger partial charge >= 0.3 is 5.97 Å². The number of carbonyl (C=O) groups excluding carboxylic acids is 2. The van der Waals surface area contributed by atoms with E-state index >= 15 is 0 Å². The summed E-state index contributed by atoms with van der Waals surface area (Å²) < 4.78 is 20.9. The van der Waals surface area contributed by atoms with Crippen LogP contribution in [0.1, 0.15) is 21.5 Å². The summed E-state index contributed by atoms with van der Waals surface area (Å²) in [6.07, 6.45) is 0.745. The van der Waals surface area contributed by atoms with E-state index in [1.165, 1.54) is 7.11 Å². The van der Waals surface area contributed by atoms with Crippen LogP contribution in [0.5, 0.6) is 17.2 Å². The number of esters is 1. The lowest BCUT2D eigenvalue weighted by Crippen LogP contribution is -2.38. The lowest BCUT2D eigenvalue weighted by atomic mass is 9.99. The fourth-order valence-electron chi connectivity index (χ4n) is 3.14. The maximum absolute atomic E-state index is 12.6. The van der Waals surface area contributed by atoms with E-state index in [9.17, 15) is 9.59 Å². The summed E-state index contributed by atoms with van der Waals surface area (Å²) in [5, 5.41) is 0. The van der Waals surface area contributed by atoms with Crippen LogP contribution in [0.2, 0.25) is 0 Å². The second kappa shape index (κ2) is 8.65. The smallest absolute Gasteiger partial charge is 0.337 e.